The molecule has 92 valence electrons. The molecule has 0 N–H and O–H groups in total. The van der Waals surface area contributed by atoms with Crippen molar-refractivity contribution in [3.63, 3.8) is 0 Å². The maximum atomic E-state index is 3.78. The van der Waals surface area contributed by atoms with Gasteiger partial charge in [-0.05, 0) is 41.2 Å². The maximum absolute atomic E-state index is 3.78. The molecule has 0 aliphatic carbocycles. The fraction of sp³-hybridized carbons (Fsp3) is 0.222. The van der Waals surface area contributed by atoms with Gasteiger partial charge in [0.15, 0.2) is 0 Å². The van der Waals surface area contributed by atoms with E-state index in [0.29, 0.717) is 0 Å². The molecule has 0 aliphatic heterocycles. The Balaban J connectivity index is 2.37. The molecule has 18 heavy (non-hydrogen) atoms. The van der Waals surface area contributed by atoms with E-state index in [9.17, 15) is 0 Å². The molecule has 0 spiro atoms. The highest BCUT2D eigenvalue weighted by molar-refractivity contribution is 5.66. The van der Waals surface area contributed by atoms with Gasteiger partial charge in [-0.2, -0.15) is 0 Å². The molecule has 0 radical (unpaired) electrons. The molecule has 0 aliphatic rings. The van der Waals surface area contributed by atoms with E-state index in [2.05, 4.69) is 62.9 Å². The molecule has 0 bridgehead atoms. The number of rotatable bonds is 4. The van der Waals surface area contributed by atoms with Crippen LogP contribution in [0.3, 0.4) is 0 Å². The van der Waals surface area contributed by atoms with Crippen molar-refractivity contribution in [1.82, 2.24) is 0 Å². The minimum absolute atomic E-state index is 1.16. The smallest absolute Gasteiger partial charge is 0.0181 e. The van der Waals surface area contributed by atoms with Crippen LogP contribution in [-0.4, -0.2) is 0 Å². The molecule has 0 saturated heterocycles. The first-order chi connectivity index (χ1) is 8.74. The third-order valence-corrected chi connectivity index (χ3v) is 3.35. The molecule has 0 atom stereocenters. The van der Waals surface area contributed by atoms with Crippen LogP contribution < -0.4 is 0 Å². The Morgan fingerprint density at radius 2 is 1.67 bits per heavy atom. The molecule has 0 heterocycles. The average Bonchev–Trinajstić information content (AvgIpc) is 2.42. The van der Waals surface area contributed by atoms with Gasteiger partial charge in [0, 0.05) is 0 Å². The van der Waals surface area contributed by atoms with Crippen molar-refractivity contribution in [2.45, 2.75) is 26.7 Å². The normalized spacial score (nSPS) is 10.3. The van der Waals surface area contributed by atoms with E-state index in [4.69, 9.17) is 0 Å². The second kappa shape index (κ2) is 5.68. The number of benzene rings is 2. The Bertz CT molecular complexity index is 532. The van der Waals surface area contributed by atoms with E-state index in [1.807, 2.05) is 6.08 Å². The molecule has 0 nitrogen and oxygen atoms in total. The van der Waals surface area contributed by atoms with E-state index < -0.39 is 0 Å². The summed E-state index contributed by atoms with van der Waals surface area (Å²) in [5, 5.41) is 0. The summed E-state index contributed by atoms with van der Waals surface area (Å²) in [4.78, 5) is 0. The summed E-state index contributed by atoms with van der Waals surface area (Å²) in [5.74, 6) is 0. The lowest BCUT2D eigenvalue weighted by atomic mass is 9.97. The van der Waals surface area contributed by atoms with Crippen LogP contribution >= 0.6 is 0 Å². The molecule has 0 heteroatoms. The fourth-order valence-corrected chi connectivity index (χ4v) is 2.20. The summed E-state index contributed by atoms with van der Waals surface area (Å²) < 4.78 is 0. The number of aryl methyl sites for hydroxylation is 2. The van der Waals surface area contributed by atoms with E-state index >= 15 is 0 Å². The first-order valence-corrected chi connectivity index (χ1v) is 6.57. The van der Waals surface area contributed by atoms with E-state index in [-0.39, 0.29) is 0 Å². The molecule has 0 amide bonds. The zero-order chi connectivity index (χ0) is 13.0. The van der Waals surface area contributed by atoms with Crippen molar-refractivity contribution in [3.05, 3.63) is 65.7 Å². The summed E-state index contributed by atoms with van der Waals surface area (Å²) in [6, 6.07) is 15.3. The first-order valence-electron chi connectivity index (χ1n) is 6.57. The van der Waals surface area contributed by atoms with Crippen LogP contribution in [0.15, 0.2) is 49.0 Å². The molecule has 0 unspecified atom stereocenters. The second-order valence-electron chi connectivity index (χ2n) is 4.72. The van der Waals surface area contributed by atoms with Crippen LogP contribution in [0.5, 0.6) is 0 Å². The maximum Gasteiger partial charge on any atom is -0.0181 e. The van der Waals surface area contributed by atoms with Crippen LogP contribution in [0.1, 0.15) is 30.0 Å². The Labute approximate surface area is 110 Å². The van der Waals surface area contributed by atoms with E-state index in [1.165, 1.54) is 34.2 Å². The largest absolute Gasteiger partial charge is 0.0985 e. The summed E-state index contributed by atoms with van der Waals surface area (Å²) in [5.41, 5.74) is 6.60. The van der Waals surface area contributed by atoms with Gasteiger partial charge in [0.25, 0.3) is 0 Å². The van der Waals surface area contributed by atoms with Gasteiger partial charge in [-0.25, -0.2) is 0 Å². The zero-order valence-electron chi connectivity index (χ0n) is 11.2. The summed E-state index contributed by atoms with van der Waals surface area (Å²) in [7, 11) is 0. The topological polar surface area (TPSA) is 0 Å². The number of hydrogen-bond donors (Lipinski definition) is 0. The minimum atomic E-state index is 1.16. The highest BCUT2D eigenvalue weighted by Gasteiger charge is 2.02. The predicted octanol–water partition coefficient (Wildman–Crippen LogP) is 5.26. The molecular weight excluding hydrogens is 216 g/mol. The van der Waals surface area contributed by atoms with Crippen molar-refractivity contribution in [2.75, 3.05) is 0 Å². The first kappa shape index (κ1) is 12.6. The van der Waals surface area contributed by atoms with Gasteiger partial charge in [0.1, 0.15) is 0 Å². The highest BCUT2D eigenvalue weighted by Crippen LogP contribution is 2.23. The third kappa shape index (κ3) is 2.70. The van der Waals surface area contributed by atoms with Gasteiger partial charge in [0.2, 0.25) is 0 Å². The summed E-state index contributed by atoms with van der Waals surface area (Å²) >= 11 is 0. The highest BCUT2D eigenvalue weighted by atomic mass is 14.1. The van der Waals surface area contributed by atoms with Gasteiger partial charge in [0.05, 0.1) is 0 Å². The summed E-state index contributed by atoms with van der Waals surface area (Å²) in [6.07, 6.45) is 4.23. The molecule has 2 aromatic rings. The Morgan fingerprint density at radius 1 is 1.00 bits per heavy atom. The predicted molar refractivity (Wildman–Crippen MR) is 80.7 cm³/mol. The Hall–Kier alpha value is -1.82. The van der Waals surface area contributed by atoms with Crippen molar-refractivity contribution in [3.8, 4) is 11.1 Å². The van der Waals surface area contributed by atoms with Crippen LogP contribution in [-0.2, 0) is 6.42 Å². The number of hydrogen-bond acceptors (Lipinski definition) is 0. The van der Waals surface area contributed by atoms with Crippen molar-refractivity contribution in [1.29, 1.82) is 0 Å². The molecule has 0 aromatic heterocycles. The lowest BCUT2D eigenvalue weighted by molar-refractivity contribution is 0.913. The summed E-state index contributed by atoms with van der Waals surface area (Å²) in [6.45, 7) is 8.20. The monoisotopic (exact) mass is 236 g/mol. The lowest BCUT2D eigenvalue weighted by Crippen LogP contribution is -1.89. The van der Waals surface area contributed by atoms with Gasteiger partial charge in [-0.3, -0.25) is 0 Å². The van der Waals surface area contributed by atoms with Crippen LogP contribution in [0.4, 0.5) is 0 Å². The molecule has 2 rings (SSSR count). The lowest BCUT2D eigenvalue weighted by Gasteiger charge is -2.08. The van der Waals surface area contributed by atoms with Crippen molar-refractivity contribution < 1.29 is 0 Å². The van der Waals surface area contributed by atoms with Gasteiger partial charge in [-0.15, -0.1) is 0 Å². The van der Waals surface area contributed by atoms with Gasteiger partial charge >= 0.3 is 0 Å². The Kier molecular flexibility index (Phi) is 3.99. The zero-order valence-corrected chi connectivity index (χ0v) is 11.2. The van der Waals surface area contributed by atoms with E-state index in [0.717, 1.165) is 6.42 Å². The minimum Gasteiger partial charge on any atom is -0.0985 e. The third-order valence-electron chi connectivity index (χ3n) is 3.35. The second-order valence-corrected chi connectivity index (χ2v) is 4.72. The molecule has 0 saturated carbocycles. The SMILES string of the molecule is C=Cc1ccc(-c2ccc(C)c(CCC)c2)cc1. The standard InChI is InChI=1S/C18H20/c1-4-6-17-13-18(10-7-14(17)3)16-11-8-15(5-2)9-12-16/h5,7-13H,2,4,6H2,1,3H3. The Morgan fingerprint density at radius 3 is 2.28 bits per heavy atom. The molecule has 0 fully saturated rings. The van der Waals surface area contributed by atoms with Crippen molar-refractivity contribution in [2.24, 2.45) is 0 Å². The fourth-order valence-electron chi connectivity index (χ4n) is 2.20. The van der Waals surface area contributed by atoms with Crippen LogP contribution in [0.2, 0.25) is 0 Å². The van der Waals surface area contributed by atoms with Crippen LogP contribution in [0, 0.1) is 6.92 Å². The molecular formula is C18H20. The molecule has 2 aromatic carbocycles. The average molecular weight is 236 g/mol. The van der Waals surface area contributed by atoms with Gasteiger partial charge < -0.3 is 0 Å². The quantitative estimate of drug-likeness (QED) is 0.679. The van der Waals surface area contributed by atoms with Crippen molar-refractivity contribution >= 4 is 6.08 Å². The van der Waals surface area contributed by atoms with Gasteiger partial charge in [-0.1, -0.05) is 68.5 Å². The van der Waals surface area contributed by atoms with Crippen LogP contribution in [0.25, 0.3) is 17.2 Å². The van der Waals surface area contributed by atoms with E-state index in [1.54, 1.807) is 0 Å².